The Kier molecular flexibility index (Phi) is 14.8. The third kappa shape index (κ3) is 10.6. The summed E-state index contributed by atoms with van der Waals surface area (Å²) >= 11 is 0. The van der Waals surface area contributed by atoms with Crippen LogP contribution >= 0.6 is 0 Å². The van der Waals surface area contributed by atoms with E-state index in [1.165, 1.54) is 12.1 Å². The van der Waals surface area contributed by atoms with Crippen molar-refractivity contribution in [2.75, 3.05) is 86.4 Å². The normalized spacial score (nSPS) is 21.2. The van der Waals surface area contributed by atoms with Crippen molar-refractivity contribution in [3.8, 4) is 0 Å². The summed E-state index contributed by atoms with van der Waals surface area (Å²) < 4.78 is 41.3. The molecule has 6 heterocycles. The Morgan fingerprint density at radius 3 is 1.61 bits per heavy atom. The smallest absolute Gasteiger partial charge is 0.227 e. The first kappa shape index (κ1) is 42.4. The number of benzene rings is 2. The topological polar surface area (TPSA) is 112 Å². The molecule has 4 aromatic rings. The molecule has 3 N–H and O–H groups in total. The van der Waals surface area contributed by atoms with E-state index in [1.807, 2.05) is 50.5 Å². The van der Waals surface area contributed by atoms with Gasteiger partial charge in [0, 0.05) is 95.3 Å². The zero-order valence-electron chi connectivity index (χ0n) is 34.5. The average molecular weight is 811 g/mol. The fourth-order valence-electron chi connectivity index (χ4n) is 9.04. The van der Waals surface area contributed by atoms with E-state index in [0.29, 0.717) is 22.7 Å². The number of nitrogens with one attached hydrogen (secondary N) is 1. The third-order valence-electron chi connectivity index (χ3n) is 12.3. The second-order valence-electron chi connectivity index (χ2n) is 15.9. The monoisotopic (exact) mass is 810 g/mol. The molecule has 13 heteroatoms. The maximum absolute atomic E-state index is 15.0. The SMILES string of the molecule is CCC(CC)C(=O)Nc1ccc(N2CCN(C(c3ccccn3)[C@H]3CCCO3)CC2)c(F)c1.Nc1ccc(N2CCN(C(c3ccccn3)[C@H]3CCCO3)CC2)c(F)c1. The fraction of sp³-hybridized carbons (Fsp3) is 0.500. The van der Waals surface area contributed by atoms with Gasteiger partial charge in [-0.1, -0.05) is 26.0 Å². The van der Waals surface area contributed by atoms with E-state index < -0.39 is 0 Å². The number of amides is 1. The van der Waals surface area contributed by atoms with Gasteiger partial charge in [-0.2, -0.15) is 0 Å². The van der Waals surface area contributed by atoms with Gasteiger partial charge in [-0.3, -0.25) is 24.6 Å². The molecule has 0 saturated carbocycles. The van der Waals surface area contributed by atoms with Crippen LogP contribution in [-0.2, 0) is 14.3 Å². The Balaban J connectivity index is 0.000000184. The van der Waals surface area contributed by atoms with Crippen LogP contribution in [0.4, 0.5) is 31.5 Å². The molecule has 316 valence electrons. The average Bonchev–Trinajstić information content (AvgIpc) is 4.00. The Bertz CT molecular complexity index is 1910. The van der Waals surface area contributed by atoms with E-state index in [0.717, 1.165) is 115 Å². The van der Waals surface area contributed by atoms with Crippen LogP contribution in [0.25, 0.3) is 0 Å². The lowest BCUT2D eigenvalue weighted by Gasteiger charge is -2.41. The largest absolute Gasteiger partial charge is 0.399 e. The second kappa shape index (κ2) is 20.5. The van der Waals surface area contributed by atoms with E-state index in [4.69, 9.17) is 15.2 Å². The minimum absolute atomic E-state index is 0.0447. The highest BCUT2D eigenvalue weighted by Crippen LogP contribution is 2.35. The molecular formula is C46H60F2N8O3. The first-order chi connectivity index (χ1) is 28.8. The van der Waals surface area contributed by atoms with Gasteiger partial charge in [-0.15, -0.1) is 0 Å². The van der Waals surface area contributed by atoms with Crippen molar-refractivity contribution in [1.29, 1.82) is 0 Å². The van der Waals surface area contributed by atoms with Gasteiger partial charge >= 0.3 is 0 Å². The summed E-state index contributed by atoms with van der Waals surface area (Å²) in [6.45, 7) is 12.0. The van der Waals surface area contributed by atoms with Crippen LogP contribution < -0.4 is 20.9 Å². The number of aromatic nitrogens is 2. The lowest BCUT2D eigenvalue weighted by molar-refractivity contribution is -0.120. The van der Waals surface area contributed by atoms with E-state index in [-0.39, 0.29) is 47.8 Å². The molecule has 11 nitrogen and oxygen atoms in total. The lowest BCUT2D eigenvalue weighted by Crippen LogP contribution is -2.50. The molecule has 4 aliphatic heterocycles. The van der Waals surface area contributed by atoms with Crippen molar-refractivity contribution in [1.82, 2.24) is 19.8 Å². The van der Waals surface area contributed by atoms with Crippen LogP contribution in [0.2, 0.25) is 0 Å². The minimum Gasteiger partial charge on any atom is -0.399 e. The summed E-state index contributed by atoms with van der Waals surface area (Å²) in [6.07, 6.45) is 9.87. The molecule has 0 radical (unpaired) electrons. The van der Waals surface area contributed by atoms with Crippen LogP contribution in [0.1, 0.15) is 75.8 Å². The molecule has 0 spiro atoms. The number of nitrogens with zero attached hydrogens (tertiary/aromatic N) is 6. The number of hydrogen-bond acceptors (Lipinski definition) is 10. The van der Waals surface area contributed by atoms with Gasteiger partial charge in [0.25, 0.3) is 0 Å². The maximum Gasteiger partial charge on any atom is 0.227 e. The molecule has 4 fully saturated rings. The van der Waals surface area contributed by atoms with Crippen molar-refractivity contribution in [3.05, 3.63) is 108 Å². The standard InChI is InChI=1S/C26H35FN4O2.C20H25FN4O/c1-3-19(4-2)26(32)29-20-10-11-23(21(27)18-20)30-13-15-31(16-14-30)25(24-9-7-17-33-24)22-8-5-6-12-28-22;21-16-14-15(22)6-7-18(16)24-9-11-25(12-10-24)20(19-5-3-13-26-19)17-4-1-2-8-23-17/h5-6,8,10-12,18-19,24-25H,3-4,7,9,13-17H2,1-2H3,(H,29,32);1-2,4,6-8,14,19-20H,3,5,9-13,22H2/t24-,25?;19-,20?/m11/s1. The maximum atomic E-state index is 15.0. The van der Waals surface area contributed by atoms with Crippen LogP contribution in [0, 0.1) is 17.6 Å². The number of rotatable bonds is 12. The van der Waals surface area contributed by atoms with E-state index >= 15 is 0 Å². The van der Waals surface area contributed by atoms with Crippen molar-refractivity contribution in [2.24, 2.45) is 5.92 Å². The predicted octanol–water partition coefficient (Wildman–Crippen LogP) is 7.48. The summed E-state index contributed by atoms with van der Waals surface area (Å²) in [5, 5.41) is 2.86. The van der Waals surface area contributed by atoms with Gasteiger partial charge in [0.2, 0.25) is 5.91 Å². The van der Waals surface area contributed by atoms with Crippen LogP contribution in [0.15, 0.2) is 85.2 Å². The number of halogens is 2. The highest BCUT2D eigenvalue weighted by molar-refractivity contribution is 5.92. The van der Waals surface area contributed by atoms with Gasteiger partial charge < -0.3 is 30.3 Å². The first-order valence-corrected chi connectivity index (χ1v) is 21.5. The second-order valence-corrected chi connectivity index (χ2v) is 15.9. The van der Waals surface area contributed by atoms with Crippen molar-refractivity contribution in [3.63, 3.8) is 0 Å². The number of nitrogens with two attached hydrogens (primary N) is 1. The van der Waals surface area contributed by atoms with Crippen molar-refractivity contribution in [2.45, 2.75) is 76.7 Å². The van der Waals surface area contributed by atoms with E-state index in [9.17, 15) is 13.6 Å². The number of nitrogen functional groups attached to an aromatic ring is 1. The first-order valence-electron chi connectivity index (χ1n) is 21.5. The molecule has 1 amide bonds. The molecule has 0 aliphatic carbocycles. The fourth-order valence-corrected chi connectivity index (χ4v) is 9.04. The van der Waals surface area contributed by atoms with Gasteiger partial charge in [0.1, 0.15) is 11.6 Å². The predicted molar refractivity (Wildman–Crippen MR) is 229 cm³/mol. The van der Waals surface area contributed by atoms with E-state index in [2.05, 4.69) is 47.0 Å². The van der Waals surface area contributed by atoms with Gasteiger partial charge in [-0.25, -0.2) is 8.78 Å². The number of piperazine rings is 2. The summed E-state index contributed by atoms with van der Waals surface area (Å²) in [4.78, 5) is 30.6. The molecular weight excluding hydrogens is 751 g/mol. The molecule has 2 aromatic carbocycles. The van der Waals surface area contributed by atoms with Gasteiger partial charge in [0.15, 0.2) is 0 Å². The summed E-state index contributed by atoms with van der Waals surface area (Å²) in [5.74, 6) is -0.641. The summed E-state index contributed by atoms with van der Waals surface area (Å²) in [7, 11) is 0. The molecule has 4 atom stereocenters. The number of hydrogen-bond donors (Lipinski definition) is 2. The Hall–Kier alpha value is -4.69. The minimum atomic E-state index is -0.300. The molecule has 2 aromatic heterocycles. The zero-order valence-corrected chi connectivity index (χ0v) is 34.5. The molecule has 2 unspecified atom stereocenters. The molecule has 59 heavy (non-hydrogen) atoms. The van der Waals surface area contributed by atoms with Crippen molar-refractivity contribution >= 4 is 28.7 Å². The van der Waals surface area contributed by atoms with Crippen LogP contribution in [0.5, 0.6) is 0 Å². The van der Waals surface area contributed by atoms with Gasteiger partial charge in [-0.05, 0) is 99.2 Å². The molecule has 4 saturated heterocycles. The van der Waals surface area contributed by atoms with Gasteiger partial charge in [0.05, 0.1) is 47.1 Å². The molecule has 0 bridgehead atoms. The highest BCUT2D eigenvalue weighted by Gasteiger charge is 2.36. The number of carbonyl (C=O) groups excluding carboxylic acids is 1. The number of anilines is 4. The lowest BCUT2D eigenvalue weighted by atomic mass is 10.0. The van der Waals surface area contributed by atoms with Crippen molar-refractivity contribution < 1.29 is 23.0 Å². The number of ether oxygens (including phenoxy) is 2. The molecule has 4 aliphatic rings. The highest BCUT2D eigenvalue weighted by atomic mass is 19.1. The summed E-state index contributed by atoms with van der Waals surface area (Å²) in [6, 6.07) is 22.3. The number of carbonyl (C=O) groups is 1. The van der Waals surface area contributed by atoms with Crippen LogP contribution in [-0.4, -0.2) is 103 Å². The molecule has 8 rings (SSSR count). The quantitative estimate of drug-likeness (QED) is 0.140. The Morgan fingerprint density at radius 1 is 0.712 bits per heavy atom. The van der Waals surface area contributed by atoms with E-state index in [1.54, 1.807) is 24.3 Å². The third-order valence-corrected chi connectivity index (χ3v) is 12.3. The Labute approximate surface area is 347 Å². The zero-order chi connectivity index (χ0) is 41.1. The Morgan fingerprint density at radius 2 is 1.20 bits per heavy atom. The number of pyridine rings is 2. The summed E-state index contributed by atoms with van der Waals surface area (Å²) in [5.41, 5.74) is 9.96. The van der Waals surface area contributed by atoms with Crippen LogP contribution in [0.3, 0.4) is 0 Å².